The largest absolute Gasteiger partial charge is 0.469 e. The summed E-state index contributed by atoms with van der Waals surface area (Å²) in [6, 6.07) is 3.87. The molecule has 0 spiro atoms. The maximum absolute atomic E-state index is 4.98. The Hall–Kier alpha value is -1.09. The van der Waals surface area contributed by atoms with Crippen LogP contribution in [0.2, 0.25) is 0 Å². The highest BCUT2D eigenvalue weighted by Crippen LogP contribution is 2.16. The third-order valence-corrected chi connectivity index (χ3v) is 3.47. The van der Waals surface area contributed by atoms with E-state index < -0.39 is 0 Å². The summed E-state index contributed by atoms with van der Waals surface area (Å²) in [6.07, 6.45) is 3.81. The van der Waals surface area contributed by atoms with Gasteiger partial charge in [0.15, 0.2) is 0 Å². The molecule has 2 heterocycles. The molecule has 2 aromatic heterocycles. The molecule has 0 atom stereocenters. The molecule has 0 saturated heterocycles. The first-order chi connectivity index (χ1) is 8.67. The molecule has 0 unspecified atom stereocenters. The molecule has 18 heavy (non-hydrogen) atoms. The molecule has 0 aliphatic rings. The minimum atomic E-state index is 0.993. The molecule has 0 bridgehead atoms. The van der Waals surface area contributed by atoms with E-state index in [9.17, 15) is 0 Å². The van der Waals surface area contributed by atoms with E-state index in [0.29, 0.717) is 0 Å². The van der Waals surface area contributed by atoms with Crippen molar-refractivity contribution in [3.63, 3.8) is 0 Å². The SMILES string of the molecule is CC.CCc1ccco1.CCc1sc(C)nc1C. The van der Waals surface area contributed by atoms with E-state index in [2.05, 4.69) is 32.7 Å². The van der Waals surface area contributed by atoms with Gasteiger partial charge in [-0.2, -0.15) is 0 Å². The smallest absolute Gasteiger partial charge is 0.103 e. The highest BCUT2D eigenvalue weighted by molar-refractivity contribution is 7.11. The zero-order valence-corrected chi connectivity index (χ0v) is 13.2. The van der Waals surface area contributed by atoms with Gasteiger partial charge in [-0.25, -0.2) is 4.98 Å². The van der Waals surface area contributed by atoms with E-state index in [1.165, 1.54) is 15.6 Å². The van der Waals surface area contributed by atoms with Crippen molar-refractivity contribution in [2.45, 2.75) is 54.4 Å². The number of rotatable bonds is 2. The monoisotopic (exact) mass is 267 g/mol. The Morgan fingerprint density at radius 1 is 1.17 bits per heavy atom. The molecule has 0 aliphatic carbocycles. The van der Waals surface area contributed by atoms with E-state index in [1.807, 2.05) is 26.0 Å². The van der Waals surface area contributed by atoms with Crippen molar-refractivity contribution in [3.05, 3.63) is 39.7 Å². The van der Waals surface area contributed by atoms with Gasteiger partial charge in [-0.15, -0.1) is 11.3 Å². The molecular weight excluding hydrogens is 242 g/mol. The van der Waals surface area contributed by atoms with Crippen molar-refractivity contribution < 1.29 is 4.42 Å². The summed E-state index contributed by atoms with van der Waals surface area (Å²) < 4.78 is 4.98. The molecule has 0 amide bonds. The molecule has 0 aromatic carbocycles. The molecule has 3 heteroatoms. The first-order valence-electron chi connectivity index (χ1n) is 6.62. The van der Waals surface area contributed by atoms with Gasteiger partial charge in [0.05, 0.1) is 17.0 Å². The van der Waals surface area contributed by atoms with Gasteiger partial charge < -0.3 is 4.42 Å². The van der Waals surface area contributed by atoms with Crippen molar-refractivity contribution in [3.8, 4) is 0 Å². The Labute approximate surface area is 115 Å². The normalized spacial score (nSPS) is 9.00. The summed E-state index contributed by atoms with van der Waals surface area (Å²) in [5.41, 5.74) is 1.21. The zero-order valence-electron chi connectivity index (χ0n) is 12.4. The number of thiazole rings is 1. The molecule has 0 N–H and O–H groups in total. The van der Waals surface area contributed by atoms with Crippen LogP contribution >= 0.6 is 11.3 Å². The number of aromatic nitrogens is 1. The lowest BCUT2D eigenvalue weighted by molar-refractivity contribution is 0.516. The minimum Gasteiger partial charge on any atom is -0.469 e. The fraction of sp³-hybridized carbons (Fsp3) is 0.533. The maximum Gasteiger partial charge on any atom is 0.103 e. The number of furan rings is 1. The van der Waals surface area contributed by atoms with Gasteiger partial charge >= 0.3 is 0 Å². The van der Waals surface area contributed by atoms with Crippen LogP contribution in [0.4, 0.5) is 0 Å². The molecule has 0 radical (unpaired) electrons. The van der Waals surface area contributed by atoms with Crippen LogP contribution < -0.4 is 0 Å². The number of aryl methyl sites for hydroxylation is 4. The van der Waals surface area contributed by atoms with Crippen LogP contribution in [-0.4, -0.2) is 4.98 Å². The fourth-order valence-corrected chi connectivity index (χ4v) is 2.29. The van der Waals surface area contributed by atoms with Crippen molar-refractivity contribution in [1.82, 2.24) is 4.98 Å². The number of hydrogen-bond acceptors (Lipinski definition) is 3. The first-order valence-corrected chi connectivity index (χ1v) is 7.44. The van der Waals surface area contributed by atoms with Gasteiger partial charge in [0, 0.05) is 11.3 Å². The van der Waals surface area contributed by atoms with E-state index in [1.54, 1.807) is 17.6 Å². The molecule has 0 saturated carbocycles. The highest BCUT2D eigenvalue weighted by Gasteiger charge is 1.99. The maximum atomic E-state index is 4.98. The molecule has 0 aliphatic heterocycles. The Kier molecular flexibility index (Phi) is 9.29. The number of hydrogen-bond donors (Lipinski definition) is 0. The van der Waals surface area contributed by atoms with Crippen LogP contribution in [0, 0.1) is 13.8 Å². The predicted molar refractivity (Wildman–Crippen MR) is 80.4 cm³/mol. The lowest BCUT2D eigenvalue weighted by Crippen LogP contribution is -1.77. The second-order valence-electron chi connectivity index (χ2n) is 3.53. The zero-order chi connectivity index (χ0) is 14.0. The van der Waals surface area contributed by atoms with Crippen molar-refractivity contribution in [2.24, 2.45) is 0 Å². The van der Waals surface area contributed by atoms with Crippen LogP contribution in [0.1, 0.15) is 49.0 Å². The van der Waals surface area contributed by atoms with Gasteiger partial charge in [-0.3, -0.25) is 0 Å². The molecule has 2 nitrogen and oxygen atoms in total. The molecule has 102 valence electrons. The first kappa shape index (κ1) is 16.9. The second-order valence-corrected chi connectivity index (χ2v) is 4.82. The summed E-state index contributed by atoms with van der Waals surface area (Å²) in [7, 11) is 0. The van der Waals surface area contributed by atoms with Crippen molar-refractivity contribution in [1.29, 1.82) is 0 Å². The Morgan fingerprint density at radius 2 is 1.83 bits per heavy atom. The number of nitrogens with zero attached hydrogens (tertiary/aromatic N) is 1. The predicted octanol–water partition coefficient (Wildman–Crippen LogP) is 5.19. The van der Waals surface area contributed by atoms with E-state index >= 15 is 0 Å². The summed E-state index contributed by atoms with van der Waals surface area (Å²) in [5.74, 6) is 1.06. The van der Waals surface area contributed by atoms with Gasteiger partial charge in [-0.05, 0) is 32.4 Å². The lowest BCUT2D eigenvalue weighted by atomic mass is 10.3. The molecule has 2 rings (SSSR count). The van der Waals surface area contributed by atoms with Crippen molar-refractivity contribution in [2.75, 3.05) is 0 Å². The third-order valence-electron chi connectivity index (χ3n) is 2.25. The Morgan fingerprint density at radius 3 is 2.06 bits per heavy atom. The van der Waals surface area contributed by atoms with Gasteiger partial charge in [0.25, 0.3) is 0 Å². The molecular formula is C15H25NOS. The summed E-state index contributed by atoms with van der Waals surface area (Å²) in [6.45, 7) is 12.4. The van der Waals surface area contributed by atoms with Crippen LogP contribution in [0.25, 0.3) is 0 Å². The van der Waals surface area contributed by atoms with E-state index in [-0.39, 0.29) is 0 Å². The van der Waals surface area contributed by atoms with Gasteiger partial charge in [-0.1, -0.05) is 27.7 Å². The molecule has 0 fully saturated rings. The van der Waals surface area contributed by atoms with Crippen LogP contribution in [-0.2, 0) is 12.8 Å². The summed E-state index contributed by atoms with van der Waals surface area (Å²) in [4.78, 5) is 5.72. The van der Waals surface area contributed by atoms with Crippen LogP contribution in [0.3, 0.4) is 0 Å². The topological polar surface area (TPSA) is 26.0 Å². The van der Waals surface area contributed by atoms with Gasteiger partial charge in [0.1, 0.15) is 5.76 Å². The average Bonchev–Trinajstić information content (AvgIpc) is 3.01. The average molecular weight is 267 g/mol. The highest BCUT2D eigenvalue weighted by atomic mass is 32.1. The lowest BCUT2D eigenvalue weighted by Gasteiger charge is -1.85. The summed E-state index contributed by atoms with van der Waals surface area (Å²) >= 11 is 1.80. The second kappa shape index (κ2) is 9.89. The van der Waals surface area contributed by atoms with E-state index in [4.69, 9.17) is 4.42 Å². The Balaban J connectivity index is 0.000000289. The summed E-state index contributed by atoms with van der Waals surface area (Å²) in [5, 5.41) is 1.18. The van der Waals surface area contributed by atoms with Crippen LogP contribution in [0.5, 0.6) is 0 Å². The fourth-order valence-electron chi connectivity index (χ4n) is 1.42. The Bertz CT molecular complexity index is 404. The van der Waals surface area contributed by atoms with Crippen molar-refractivity contribution >= 4 is 11.3 Å². The van der Waals surface area contributed by atoms with Gasteiger partial charge in [0.2, 0.25) is 0 Å². The quantitative estimate of drug-likeness (QED) is 0.748. The third kappa shape index (κ3) is 6.01. The van der Waals surface area contributed by atoms with Crippen LogP contribution in [0.15, 0.2) is 22.8 Å². The van der Waals surface area contributed by atoms with E-state index in [0.717, 1.165) is 18.6 Å². The molecule has 2 aromatic rings. The minimum absolute atomic E-state index is 0.993. The standard InChI is InChI=1S/C7H11NS.C6H8O.C2H6/c1-4-7-5(2)8-6(3)9-7;1-2-6-4-3-5-7-6;1-2/h4H2,1-3H3;3-5H,2H2,1H3;1-2H3.